The highest BCUT2D eigenvalue weighted by atomic mass is 16.5. The first kappa shape index (κ1) is 22.4. The van der Waals surface area contributed by atoms with E-state index in [1.54, 1.807) is 26.6 Å². The molecule has 0 saturated heterocycles. The summed E-state index contributed by atoms with van der Waals surface area (Å²) in [6.45, 7) is 2.58. The van der Waals surface area contributed by atoms with Crippen LogP contribution in [0.4, 0.5) is 0 Å². The van der Waals surface area contributed by atoms with E-state index >= 15 is 0 Å². The first-order valence-electron chi connectivity index (χ1n) is 11.1. The molecule has 2 aromatic heterocycles. The molecule has 2 heterocycles. The van der Waals surface area contributed by atoms with E-state index < -0.39 is 0 Å². The van der Waals surface area contributed by atoms with Crippen molar-refractivity contribution in [3.63, 3.8) is 0 Å². The molecule has 6 nitrogen and oxygen atoms in total. The zero-order valence-electron chi connectivity index (χ0n) is 19.2. The van der Waals surface area contributed by atoms with Crippen LogP contribution in [0.15, 0.2) is 67.1 Å². The highest BCUT2D eigenvalue weighted by Crippen LogP contribution is 2.42. The number of nitrogens with one attached hydrogen (secondary N) is 2. The number of hydrogen-bond donors (Lipinski definition) is 2. The van der Waals surface area contributed by atoms with Gasteiger partial charge in [0, 0.05) is 53.9 Å². The molecule has 1 amide bonds. The van der Waals surface area contributed by atoms with Gasteiger partial charge in [-0.1, -0.05) is 43.3 Å². The monoisotopic (exact) mass is 443 g/mol. The standard InChI is InChI=1S/C27H29N3O3/c1-4-19-9-5-10-20-23(17-30-26(19)20)22(21-11-6-12-24(32-2)27(21)33-3)14-25(31)29-16-18-8-7-13-28-15-18/h5-13,15,17,22,30H,4,14,16H2,1-3H3,(H,29,31)/t22-/m0/s1. The molecule has 2 aromatic carbocycles. The minimum atomic E-state index is -0.218. The molecular formula is C27H29N3O3. The fraction of sp³-hybridized carbons (Fsp3) is 0.259. The van der Waals surface area contributed by atoms with Gasteiger partial charge in [0.15, 0.2) is 11.5 Å². The van der Waals surface area contributed by atoms with E-state index in [1.165, 1.54) is 5.56 Å². The van der Waals surface area contributed by atoms with Gasteiger partial charge in [-0.15, -0.1) is 0 Å². The van der Waals surface area contributed by atoms with Crippen molar-refractivity contribution in [2.24, 2.45) is 0 Å². The molecule has 33 heavy (non-hydrogen) atoms. The molecule has 0 fully saturated rings. The number of rotatable bonds is 9. The molecule has 0 radical (unpaired) electrons. The molecule has 4 aromatic rings. The largest absolute Gasteiger partial charge is 0.493 e. The summed E-state index contributed by atoms with van der Waals surface area (Å²) in [5.41, 5.74) is 5.29. The summed E-state index contributed by atoms with van der Waals surface area (Å²) in [6, 6.07) is 15.9. The lowest BCUT2D eigenvalue weighted by Gasteiger charge is -2.21. The average molecular weight is 444 g/mol. The van der Waals surface area contributed by atoms with Crippen LogP contribution in [0, 0.1) is 0 Å². The van der Waals surface area contributed by atoms with Crippen molar-refractivity contribution in [1.29, 1.82) is 0 Å². The number of fused-ring (bicyclic) bond motifs is 1. The maximum absolute atomic E-state index is 13.1. The number of ether oxygens (including phenoxy) is 2. The summed E-state index contributed by atoms with van der Waals surface area (Å²) in [7, 11) is 3.25. The molecule has 4 rings (SSSR count). The van der Waals surface area contributed by atoms with Crippen molar-refractivity contribution in [3.8, 4) is 11.5 Å². The van der Waals surface area contributed by atoms with E-state index in [0.717, 1.165) is 34.0 Å². The number of aromatic amines is 1. The summed E-state index contributed by atoms with van der Waals surface area (Å²) in [4.78, 5) is 20.7. The molecule has 0 bridgehead atoms. The van der Waals surface area contributed by atoms with E-state index in [4.69, 9.17) is 9.47 Å². The zero-order valence-corrected chi connectivity index (χ0v) is 19.2. The van der Waals surface area contributed by atoms with Crippen LogP contribution in [0.1, 0.15) is 41.5 Å². The fourth-order valence-corrected chi connectivity index (χ4v) is 4.36. The van der Waals surface area contributed by atoms with Gasteiger partial charge in [0.05, 0.1) is 14.2 Å². The van der Waals surface area contributed by atoms with Crippen LogP contribution in [0.25, 0.3) is 10.9 Å². The van der Waals surface area contributed by atoms with Gasteiger partial charge in [-0.2, -0.15) is 0 Å². The maximum atomic E-state index is 13.1. The Morgan fingerprint density at radius 1 is 1.06 bits per heavy atom. The summed E-state index contributed by atoms with van der Waals surface area (Å²) in [5.74, 6) is 1.02. The Morgan fingerprint density at radius 3 is 2.64 bits per heavy atom. The first-order valence-corrected chi connectivity index (χ1v) is 11.1. The van der Waals surface area contributed by atoms with Crippen molar-refractivity contribution in [2.45, 2.75) is 32.2 Å². The molecule has 2 N–H and O–H groups in total. The molecule has 0 aliphatic heterocycles. The van der Waals surface area contributed by atoms with Crippen molar-refractivity contribution in [1.82, 2.24) is 15.3 Å². The number of methoxy groups -OCH3 is 2. The second-order valence-electron chi connectivity index (χ2n) is 7.91. The van der Waals surface area contributed by atoms with Gasteiger partial charge in [0.25, 0.3) is 0 Å². The van der Waals surface area contributed by atoms with E-state index in [9.17, 15) is 4.79 Å². The second-order valence-corrected chi connectivity index (χ2v) is 7.91. The van der Waals surface area contributed by atoms with Gasteiger partial charge in [0.2, 0.25) is 5.91 Å². The molecule has 1 atom stereocenters. The van der Waals surface area contributed by atoms with Crippen molar-refractivity contribution >= 4 is 16.8 Å². The van der Waals surface area contributed by atoms with Crippen LogP contribution < -0.4 is 14.8 Å². The van der Waals surface area contributed by atoms with E-state index in [-0.39, 0.29) is 18.2 Å². The first-order chi connectivity index (χ1) is 16.2. The van der Waals surface area contributed by atoms with E-state index in [1.807, 2.05) is 36.5 Å². The van der Waals surface area contributed by atoms with E-state index in [0.29, 0.717) is 18.0 Å². The van der Waals surface area contributed by atoms with Crippen molar-refractivity contribution < 1.29 is 14.3 Å². The Labute approximate surface area is 194 Å². The fourth-order valence-electron chi connectivity index (χ4n) is 4.36. The predicted molar refractivity (Wildman–Crippen MR) is 130 cm³/mol. The van der Waals surface area contributed by atoms with Gasteiger partial charge < -0.3 is 19.8 Å². The van der Waals surface area contributed by atoms with Crippen LogP contribution in [-0.2, 0) is 17.8 Å². The highest BCUT2D eigenvalue weighted by Gasteiger charge is 2.26. The van der Waals surface area contributed by atoms with Crippen molar-refractivity contribution in [3.05, 3.63) is 89.4 Å². The number of para-hydroxylation sites is 2. The van der Waals surface area contributed by atoms with Crippen LogP contribution in [-0.4, -0.2) is 30.1 Å². The van der Waals surface area contributed by atoms with Gasteiger partial charge in [-0.05, 0) is 35.2 Å². The summed E-state index contributed by atoms with van der Waals surface area (Å²) >= 11 is 0. The Morgan fingerprint density at radius 2 is 1.91 bits per heavy atom. The van der Waals surface area contributed by atoms with Gasteiger partial charge >= 0.3 is 0 Å². The van der Waals surface area contributed by atoms with Crippen molar-refractivity contribution in [2.75, 3.05) is 14.2 Å². The number of benzene rings is 2. The summed E-state index contributed by atoms with van der Waals surface area (Å²) in [5, 5.41) is 4.15. The van der Waals surface area contributed by atoms with Crippen LogP contribution >= 0.6 is 0 Å². The number of amides is 1. The van der Waals surface area contributed by atoms with Gasteiger partial charge in [-0.25, -0.2) is 0 Å². The molecule has 0 saturated carbocycles. The number of nitrogens with zero attached hydrogens (tertiary/aromatic N) is 1. The normalized spacial score (nSPS) is 11.8. The SMILES string of the molecule is CCc1cccc2c([C@@H](CC(=O)NCc3cccnc3)c3cccc(OC)c3OC)c[nH]c12. The number of carbonyl (C=O) groups excluding carboxylic acids is 1. The quantitative estimate of drug-likeness (QED) is 0.382. The Balaban J connectivity index is 1.73. The molecular weight excluding hydrogens is 414 g/mol. The molecule has 6 heteroatoms. The predicted octanol–water partition coefficient (Wildman–Crippen LogP) is 4.98. The van der Waals surface area contributed by atoms with Gasteiger partial charge in [-0.3, -0.25) is 9.78 Å². The number of pyridine rings is 1. The Bertz CT molecular complexity index is 1230. The van der Waals surface area contributed by atoms with Gasteiger partial charge in [0.1, 0.15) is 0 Å². The van der Waals surface area contributed by atoms with Crippen LogP contribution in [0.2, 0.25) is 0 Å². The molecule has 0 aliphatic carbocycles. The third kappa shape index (κ3) is 4.70. The average Bonchev–Trinajstić information content (AvgIpc) is 3.30. The topological polar surface area (TPSA) is 76.2 Å². The smallest absolute Gasteiger partial charge is 0.221 e. The minimum absolute atomic E-state index is 0.0466. The molecule has 0 unspecified atom stereocenters. The minimum Gasteiger partial charge on any atom is -0.493 e. The number of carbonyl (C=O) groups is 1. The number of aryl methyl sites for hydroxylation is 1. The Kier molecular flexibility index (Phi) is 6.93. The molecule has 170 valence electrons. The van der Waals surface area contributed by atoms with E-state index in [2.05, 4.69) is 40.4 Å². The number of aromatic nitrogens is 2. The molecule has 0 spiro atoms. The molecule has 0 aliphatic rings. The highest BCUT2D eigenvalue weighted by molar-refractivity contribution is 5.88. The number of hydrogen-bond acceptors (Lipinski definition) is 4. The lowest BCUT2D eigenvalue weighted by molar-refractivity contribution is -0.121. The summed E-state index contributed by atoms with van der Waals surface area (Å²) < 4.78 is 11.3. The van der Waals surface area contributed by atoms with Crippen LogP contribution in [0.5, 0.6) is 11.5 Å². The third-order valence-corrected chi connectivity index (χ3v) is 6.00. The number of H-pyrrole nitrogens is 1. The third-order valence-electron chi connectivity index (χ3n) is 6.00. The lowest BCUT2D eigenvalue weighted by Crippen LogP contribution is -2.25. The summed E-state index contributed by atoms with van der Waals surface area (Å²) in [6.07, 6.45) is 6.69. The van der Waals surface area contributed by atoms with Crippen LogP contribution in [0.3, 0.4) is 0 Å². The lowest BCUT2D eigenvalue weighted by atomic mass is 9.86. The Hall–Kier alpha value is -3.80. The maximum Gasteiger partial charge on any atom is 0.221 e. The second kappa shape index (κ2) is 10.2. The zero-order chi connectivity index (χ0) is 23.2.